The van der Waals surface area contributed by atoms with Crippen LogP contribution in [0, 0.1) is 11.8 Å². The summed E-state index contributed by atoms with van der Waals surface area (Å²) < 4.78 is 11.1. The van der Waals surface area contributed by atoms with Gasteiger partial charge in [0.05, 0.1) is 19.3 Å². The molecule has 2 fully saturated rings. The van der Waals surface area contributed by atoms with Crippen LogP contribution >= 0.6 is 0 Å². The molecule has 0 aromatic rings. The third-order valence-corrected chi connectivity index (χ3v) is 5.18. The van der Waals surface area contributed by atoms with Gasteiger partial charge in [-0.1, -0.05) is 26.7 Å². The van der Waals surface area contributed by atoms with Crippen LogP contribution in [0.3, 0.4) is 0 Å². The molecule has 0 spiro atoms. The van der Waals surface area contributed by atoms with Crippen molar-refractivity contribution >= 4 is 6.09 Å². The number of ether oxygens (including phenoxy) is 2. The molecule has 0 aromatic heterocycles. The Morgan fingerprint density at radius 2 is 2.04 bits per heavy atom. The predicted octanol–water partition coefficient (Wildman–Crippen LogP) is 3.04. The fraction of sp³-hybridized carbons (Fsp3) is 0.944. The van der Waals surface area contributed by atoms with Gasteiger partial charge in [-0.05, 0) is 39.0 Å². The van der Waals surface area contributed by atoms with Crippen LogP contribution in [-0.4, -0.2) is 55.0 Å². The molecule has 2 rings (SSSR count). The number of hydrogen-bond donors (Lipinski definition) is 1. The van der Waals surface area contributed by atoms with E-state index in [1.54, 1.807) is 0 Å². The largest absolute Gasteiger partial charge is 0.444 e. The summed E-state index contributed by atoms with van der Waals surface area (Å²) in [5.41, 5.74) is -0.458. The van der Waals surface area contributed by atoms with E-state index in [1.807, 2.05) is 25.7 Å². The highest BCUT2D eigenvalue weighted by atomic mass is 16.6. The van der Waals surface area contributed by atoms with Crippen LogP contribution in [0.2, 0.25) is 0 Å². The van der Waals surface area contributed by atoms with Crippen molar-refractivity contribution in [3.05, 3.63) is 0 Å². The smallest absolute Gasteiger partial charge is 0.410 e. The topological polar surface area (TPSA) is 50.8 Å². The van der Waals surface area contributed by atoms with Gasteiger partial charge in [-0.15, -0.1) is 0 Å². The molecule has 0 radical (unpaired) electrons. The number of carbonyl (C=O) groups excluding carboxylic acids is 1. The van der Waals surface area contributed by atoms with E-state index in [9.17, 15) is 4.79 Å². The maximum atomic E-state index is 12.4. The van der Waals surface area contributed by atoms with E-state index < -0.39 is 5.60 Å². The fourth-order valence-corrected chi connectivity index (χ4v) is 3.54. The average Bonchev–Trinajstić information content (AvgIpc) is 2.47. The highest BCUT2D eigenvalue weighted by molar-refractivity contribution is 5.68. The third kappa shape index (κ3) is 5.35. The summed E-state index contributed by atoms with van der Waals surface area (Å²) >= 11 is 0. The summed E-state index contributed by atoms with van der Waals surface area (Å²) in [6.07, 6.45) is 3.62. The third-order valence-electron chi connectivity index (χ3n) is 5.18. The maximum Gasteiger partial charge on any atom is 0.410 e. The second kappa shape index (κ2) is 7.84. The minimum atomic E-state index is -0.458. The Morgan fingerprint density at radius 1 is 1.30 bits per heavy atom. The molecule has 4 unspecified atom stereocenters. The first kappa shape index (κ1) is 18.5. The Labute approximate surface area is 141 Å². The lowest BCUT2D eigenvalue weighted by molar-refractivity contribution is -0.0329. The monoisotopic (exact) mass is 326 g/mol. The van der Waals surface area contributed by atoms with Crippen LogP contribution in [0.5, 0.6) is 0 Å². The van der Waals surface area contributed by atoms with Crippen molar-refractivity contribution in [2.24, 2.45) is 11.8 Å². The quantitative estimate of drug-likeness (QED) is 0.866. The molecule has 1 aliphatic carbocycles. The van der Waals surface area contributed by atoms with Crippen molar-refractivity contribution in [2.45, 2.75) is 71.6 Å². The Morgan fingerprint density at radius 3 is 2.74 bits per heavy atom. The molecule has 5 heteroatoms. The lowest BCUT2D eigenvalue weighted by Crippen LogP contribution is -2.56. The maximum absolute atomic E-state index is 12.4. The molecule has 1 saturated carbocycles. The second-order valence-electron chi connectivity index (χ2n) is 8.18. The van der Waals surface area contributed by atoms with E-state index in [4.69, 9.17) is 9.47 Å². The van der Waals surface area contributed by atoms with Crippen LogP contribution in [-0.2, 0) is 9.47 Å². The van der Waals surface area contributed by atoms with Crippen LogP contribution in [0.4, 0.5) is 4.79 Å². The summed E-state index contributed by atoms with van der Waals surface area (Å²) in [5.74, 6) is 1.45. The Kier molecular flexibility index (Phi) is 6.32. The number of nitrogens with zero attached hydrogens (tertiary/aromatic N) is 1. The molecule has 134 valence electrons. The highest BCUT2D eigenvalue weighted by Gasteiger charge is 2.33. The number of rotatable bonds is 3. The fourth-order valence-electron chi connectivity index (χ4n) is 3.54. The van der Waals surface area contributed by atoms with Gasteiger partial charge in [0, 0.05) is 19.1 Å². The number of carbonyl (C=O) groups is 1. The highest BCUT2D eigenvalue weighted by Crippen LogP contribution is 2.29. The summed E-state index contributed by atoms with van der Waals surface area (Å²) in [7, 11) is 0. The zero-order chi connectivity index (χ0) is 17.0. The summed E-state index contributed by atoms with van der Waals surface area (Å²) in [5, 5.41) is 3.69. The summed E-state index contributed by atoms with van der Waals surface area (Å²) in [6, 6.07) is 0.601. The number of morpholine rings is 1. The van der Waals surface area contributed by atoms with Gasteiger partial charge in [0.15, 0.2) is 0 Å². The van der Waals surface area contributed by atoms with Crippen molar-refractivity contribution in [1.29, 1.82) is 0 Å². The van der Waals surface area contributed by atoms with E-state index in [1.165, 1.54) is 19.3 Å². The van der Waals surface area contributed by atoms with Gasteiger partial charge in [0.25, 0.3) is 0 Å². The second-order valence-corrected chi connectivity index (χ2v) is 8.18. The molecule has 4 atom stereocenters. The molecule has 23 heavy (non-hydrogen) atoms. The van der Waals surface area contributed by atoms with Crippen molar-refractivity contribution in [3.8, 4) is 0 Å². The number of nitrogens with one attached hydrogen (secondary N) is 1. The van der Waals surface area contributed by atoms with E-state index in [0.717, 1.165) is 12.5 Å². The Bertz CT molecular complexity index is 394. The van der Waals surface area contributed by atoms with Crippen LogP contribution in [0.15, 0.2) is 0 Å². The van der Waals surface area contributed by atoms with Gasteiger partial charge in [0.1, 0.15) is 5.60 Å². The van der Waals surface area contributed by atoms with E-state index >= 15 is 0 Å². The molecule has 1 amide bonds. The first-order valence-corrected chi connectivity index (χ1v) is 9.08. The molecular weight excluding hydrogens is 292 g/mol. The van der Waals surface area contributed by atoms with Crippen LogP contribution in [0.25, 0.3) is 0 Å². The number of hydrogen-bond acceptors (Lipinski definition) is 4. The van der Waals surface area contributed by atoms with Gasteiger partial charge in [0.2, 0.25) is 0 Å². The predicted molar refractivity (Wildman–Crippen MR) is 91.5 cm³/mol. The van der Waals surface area contributed by atoms with Gasteiger partial charge in [-0.2, -0.15) is 0 Å². The normalized spacial score (nSPS) is 32.7. The van der Waals surface area contributed by atoms with Gasteiger partial charge >= 0.3 is 6.09 Å². The van der Waals surface area contributed by atoms with Gasteiger partial charge < -0.3 is 14.8 Å². The van der Waals surface area contributed by atoms with Gasteiger partial charge in [-0.3, -0.25) is 4.90 Å². The van der Waals surface area contributed by atoms with E-state index in [2.05, 4.69) is 19.2 Å². The molecule has 0 aromatic carbocycles. The lowest BCUT2D eigenvalue weighted by atomic mass is 9.78. The average molecular weight is 326 g/mol. The zero-order valence-electron chi connectivity index (χ0n) is 15.4. The van der Waals surface area contributed by atoms with Crippen molar-refractivity contribution in [3.63, 3.8) is 0 Å². The molecule has 2 aliphatic rings. The minimum absolute atomic E-state index is 0.0584. The van der Waals surface area contributed by atoms with E-state index in [-0.39, 0.29) is 12.1 Å². The van der Waals surface area contributed by atoms with Gasteiger partial charge in [-0.25, -0.2) is 4.79 Å². The first-order valence-electron chi connectivity index (χ1n) is 9.08. The van der Waals surface area contributed by atoms with Crippen LogP contribution in [0.1, 0.15) is 53.9 Å². The van der Waals surface area contributed by atoms with Crippen molar-refractivity contribution in [2.75, 3.05) is 26.3 Å². The van der Waals surface area contributed by atoms with E-state index in [0.29, 0.717) is 31.7 Å². The molecule has 1 saturated heterocycles. The summed E-state index contributed by atoms with van der Waals surface area (Å²) in [6.45, 7) is 13.0. The molecule has 1 heterocycles. The van der Waals surface area contributed by atoms with Crippen LogP contribution < -0.4 is 5.32 Å². The first-order chi connectivity index (χ1) is 10.8. The molecule has 1 N–H and O–H groups in total. The molecule has 0 bridgehead atoms. The zero-order valence-corrected chi connectivity index (χ0v) is 15.4. The van der Waals surface area contributed by atoms with Crippen molar-refractivity contribution in [1.82, 2.24) is 10.2 Å². The lowest BCUT2D eigenvalue weighted by Gasteiger charge is -2.39. The van der Waals surface area contributed by atoms with Crippen molar-refractivity contribution < 1.29 is 14.3 Å². The SMILES string of the molecule is CC1CCCC(NCC2COCCN2C(=O)OC(C)(C)C)C1C. The minimum Gasteiger partial charge on any atom is -0.444 e. The molecule has 1 aliphatic heterocycles. The standard InChI is InChI=1S/C18H34N2O3/c1-13-7-6-8-16(14(13)2)19-11-15-12-22-10-9-20(15)17(21)23-18(3,4)5/h13-16,19H,6-12H2,1-5H3. The Balaban J connectivity index is 1.89. The summed E-state index contributed by atoms with van der Waals surface area (Å²) in [4.78, 5) is 14.2. The molecular formula is C18H34N2O3. The Hall–Kier alpha value is -0.810. The molecule has 5 nitrogen and oxygen atoms in total. The number of amides is 1.